The van der Waals surface area contributed by atoms with E-state index in [0.717, 1.165) is 34.5 Å². The summed E-state index contributed by atoms with van der Waals surface area (Å²) < 4.78 is 7.03. The third-order valence-corrected chi connectivity index (χ3v) is 6.64. The van der Waals surface area contributed by atoms with E-state index in [1.54, 1.807) is 35.1 Å². The number of hydrogen-bond acceptors (Lipinski definition) is 5. The zero-order chi connectivity index (χ0) is 22.8. The van der Waals surface area contributed by atoms with E-state index in [0.29, 0.717) is 30.8 Å². The Balaban J connectivity index is 1.41. The van der Waals surface area contributed by atoms with E-state index in [9.17, 15) is 9.59 Å². The normalized spacial score (nSPS) is 11.7. The molecule has 0 saturated carbocycles. The lowest BCUT2D eigenvalue weighted by atomic mass is 10.1. The van der Waals surface area contributed by atoms with Crippen molar-refractivity contribution in [3.05, 3.63) is 93.3 Å². The first-order valence-electron chi connectivity index (χ1n) is 10.9. The van der Waals surface area contributed by atoms with Crippen LogP contribution in [0.3, 0.4) is 0 Å². The van der Waals surface area contributed by atoms with Gasteiger partial charge < -0.3 is 10.1 Å². The number of nitrogens with zero attached hydrogens (tertiary/aromatic N) is 2. The van der Waals surface area contributed by atoms with Gasteiger partial charge in [-0.2, -0.15) is 5.10 Å². The summed E-state index contributed by atoms with van der Waals surface area (Å²) in [5, 5.41) is 9.62. The monoisotopic (exact) mass is 457 g/mol. The van der Waals surface area contributed by atoms with Gasteiger partial charge in [0.25, 0.3) is 5.91 Å². The summed E-state index contributed by atoms with van der Waals surface area (Å²) in [6.45, 7) is 2.67. The Morgan fingerprint density at radius 2 is 1.91 bits per heavy atom. The molecular formula is C26H23N3O3S. The average Bonchev–Trinajstić information content (AvgIpc) is 3.55. The molecule has 0 unspecified atom stereocenters. The van der Waals surface area contributed by atoms with Gasteiger partial charge in [-0.05, 0) is 54.6 Å². The number of hydrogen-bond donors (Lipinski definition) is 1. The van der Waals surface area contributed by atoms with Crippen molar-refractivity contribution in [2.24, 2.45) is 0 Å². The van der Waals surface area contributed by atoms with Gasteiger partial charge in [-0.15, -0.1) is 11.3 Å². The molecule has 2 aromatic heterocycles. The first-order chi connectivity index (χ1) is 16.2. The summed E-state index contributed by atoms with van der Waals surface area (Å²) in [4.78, 5) is 26.4. The van der Waals surface area contributed by atoms with Crippen molar-refractivity contribution in [2.75, 3.05) is 13.2 Å². The number of nitrogens with one attached hydrogen (secondary N) is 1. The first-order valence-corrected chi connectivity index (χ1v) is 11.8. The van der Waals surface area contributed by atoms with Crippen LogP contribution in [0.2, 0.25) is 0 Å². The molecule has 0 fully saturated rings. The third-order valence-electron chi connectivity index (χ3n) is 5.70. The Labute approximate surface area is 195 Å². The summed E-state index contributed by atoms with van der Waals surface area (Å²) in [7, 11) is 0. The second kappa shape index (κ2) is 9.03. The van der Waals surface area contributed by atoms with Crippen LogP contribution in [-0.2, 0) is 17.6 Å². The van der Waals surface area contributed by atoms with Crippen LogP contribution in [-0.4, -0.2) is 34.8 Å². The van der Waals surface area contributed by atoms with E-state index in [4.69, 9.17) is 4.74 Å². The van der Waals surface area contributed by atoms with Gasteiger partial charge in [0.2, 0.25) is 0 Å². The summed E-state index contributed by atoms with van der Waals surface area (Å²) >= 11 is 1.69. The van der Waals surface area contributed by atoms with Crippen molar-refractivity contribution in [3.8, 4) is 16.9 Å². The lowest BCUT2D eigenvalue weighted by Crippen LogP contribution is -2.25. The summed E-state index contributed by atoms with van der Waals surface area (Å²) in [5.74, 6) is -0.525. The molecule has 0 spiro atoms. The van der Waals surface area contributed by atoms with Crippen LogP contribution in [0.25, 0.3) is 16.9 Å². The van der Waals surface area contributed by atoms with Crippen LogP contribution in [0.4, 0.5) is 0 Å². The number of benzene rings is 2. The van der Waals surface area contributed by atoms with Crippen LogP contribution in [0.15, 0.2) is 66.0 Å². The Hall–Kier alpha value is -3.71. The van der Waals surface area contributed by atoms with E-state index in [2.05, 4.69) is 22.5 Å². The number of aromatic nitrogens is 2. The van der Waals surface area contributed by atoms with E-state index in [1.807, 2.05) is 41.8 Å². The number of fused-ring (bicyclic) bond motifs is 3. The molecule has 0 aliphatic heterocycles. The molecule has 0 saturated heterocycles. The SMILES string of the molecule is CCOC(=O)c1nn(-c2ccc(C(=O)NCCc3cccs3)cc2)c2c1Cc1ccccc1-2. The zero-order valence-electron chi connectivity index (χ0n) is 18.2. The summed E-state index contributed by atoms with van der Waals surface area (Å²) in [5.41, 5.74) is 5.72. The lowest BCUT2D eigenvalue weighted by Gasteiger charge is -2.09. The molecule has 5 rings (SSSR count). The maximum atomic E-state index is 12.6. The Morgan fingerprint density at radius 3 is 2.67 bits per heavy atom. The molecule has 0 bridgehead atoms. The van der Waals surface area contributed by atoms with E-state index in [1.165, 1.54) is 4.88 Å². The van der Waals surface area contributed by atoms with Crippen molar-refractivity contribution in [1.29, 1.82) is 0 Å². The number of thiophene rings is 1. The van der Waals surface area contributed by atoms with Gasteiger partial charge in [0.05, 0.1) is 18.0 Å². The maximum absolute atomic E-state index is 12.6. The van der Waals surface area contributed by atoms with Gasteiger partial charge in [0, 0.05) is 34.5 Å². The van der Waals surface area contributed by atoms with Crippen molar-refractivity contribution in [1.82, 2.24) is 15.1 Å². The van der Waals surface area contributed by atoms with Gasteiger partial charge in [-0.3, -0.25) is 4.79 Å². The summed E-state index contributed by atoms with van der Waals surface area (Å²) in [6.07, 6.45) is 1.46. The third kappa shape index (κ3) is 4.07. The molecule has 4 aromatic rings. The predicted octanol–water partition coefficient (Wildman–Crippen LogP) is 4.65. The molecule has 2 aromatic carbocycles. The second-order valence-electron chi connectivity index (χ2n) is 7.77. The van der Waals surface area contributed by atoms with E-state index in [-0.39, 0.29) is 5.91 Å². The van der Waals surface area contributed by atoms with E-state index < -0.39 is 5.97 Å². The molecule has 1 aliphatic rings. The van der Waals surface area contributed by atoms with Crippen LogP contribution >= 0.6 is 11.3 Å². The minimum atomic E-state index is -0.415. The topological polar surface area (TPSA) is 73.2 Å². The molecule has 6 nitrogen and oxygen atoms in total. The highest BCUT2D eigenvalue weighted by Gasteiger charge is 2.31. The Bertz CT molecular complexity index is 1310. The largest absolute Gasteiger partial charge is 0.461 e. The summed E-state index contributed by atoms with van der Waals surface area (Å²) in [6, 6.07) is 19.5. The number of carbonyl (C=O) groups is 2. The van der Waals surface area contributed by atoms with Gasteiger partial charge in [-0.25, -0.2) is 9.48 Å². The molecule has 1 aliphatic carbocycles. The highest BCUT2D eigenvalue weighted by molar-refractivity contribution is 7.09. The highest BCUT2D eigenvalue weighted by Crippen LogP contribution is 2.39. The van der Waals surface area contributed by atoms with Gasteiger partial charge in [0.15, 0.2) is 5.69 Å². The molecular weight excluding hydrogens is 434 g/mol. The fourth-order valence-electron chi connectivity index (χ4n) is 4.15. The van der Waals surface area contributed by atoms with Crippen molar-refractivity contribution >= 4 is 23.2 Å². The van der Waals surface area contributed by atoms with Gasteiger partial charge in [0.1, 0.15) is 0 Å². The van der Waals surface area contributed by atoms with E-state index >= 15 is 0 Å². The molecule has 1 N–H and O–H groups in total. The smallest absolute Gasteiger partial charge is 0.359 e. The lowest BCUT2D eigenvalue weighted by molar-refractivity contribution is 0.0517. The van der Waals surface area contributed by atoms with Crippen molar-refractivity contribution in [3.63, 3.8) is 0 Å². The Morgan fingerprint density at radius 1 is 1.09 bits per heavy atom. The fourth-order valence-corrected chi connectivity index (χ4v) is 4.86. The molecule has 0 atom stereocenters. The number of esters is 1. The second-order valence-corrected chi connectivity index (χ2v) is 8.81. The fraction of sp³-hybridized carbons (Fsp3) is 0.192. The first kappa shape index (κ1) is 21.2. The zero-order valence-corrected chi connectivity index (χ0v) is 19.0. The number of ether oxygens (including phenoxy) is 1. The number of amides is 1. The number of carbonyl (C=O) groups excluding carboxylic acids is 2. The molecule has 166 valence electrons. The van der Waals surface area contributed by atoms with Gasteiger partial charge >= 0.3 is 5.97 Å². The predicted molar refractivity (Wildman–Crippen MR) is 128 cm³/mol. The van der Waals surface area contributed by atoms with Gasteiger partial charge in [-0.1, -0.05) is 30.3 Å². The van der Waals surface area contributed by atoms with Crippen LogP contribution in [0.1, 0.15) is 43.8 Å². The highest BCUT2D eigenvalue weighted by atomic mass is 32.1. The van der Waals surface area contributed by atoms with Crippen LogP contribution in [0.5, 0.6) is 0 Å². The van der Waals surface area contributed by atoms with Crippen molar-refractivity contribution < 1.29 is 14.3 Å². The molecule has 0 radical (unpaired) electrons. The van der Waals surface area contributed by atoms with Crippen LogP contribution in [0, 0.1) is 0 Å². The minimum absolute atomic E-state index is 0.110. The minimum Gasteiger partial charge on any atom is -0.461 e. The standard InChI is InChI=1S/C26H23N3O3S/c1-2-32-26(31)23-22-16-18-6-3-4-8-21(18)24(22)29(28-23)19-11-9-17(10-12-19)25(30)27-14-13-20-7-5-15-33-20/h3-12,15H,2,13-14,16H2,1H3,(H,27,30). The molecule has 7 heteroatoms. The van der Waals surface area contributed by atoms with Crippen LogP contribution < -0.4 is 5.32 Å². The maximum Gasteiger partial charge on any atom is 0.359 e. The molecule has 2 heterocycles. The molecule has 1 amide bonds. The number of rotatable bonds is 7. The molecule has 33 heavy (non-hydrogen) atoms. The average molecular weight is 458 g/mol. The van der Waals surface area contributed by atoms with Crippen molar-refractivity contribution in [2.45, 2.75) is 19.8 Å². The quantitative estimate of drug-likeness (QED) is 0.361. The Kier molecular flexibility index (Phi) is 5.79.